The number of esters is 2. The molecule has 0 saturated heterocycles. The molecule has 0 radical (unpaired) electrons. The first-order valence-corrected chi connectivity index (χ1v) is 14.5. The van der Waals surface area contributed by atoms with Gasteiger partial charge in [0.15, 0.2) is 22.9 Å². The van der Waals surface area contributed by atoms with E-state index < -0.39 is 18.0 Å². The summed E-state index contributed by atoms with van der Waals surface area (Å²) in [7, 11) is 1.50. The van der Waals surface area contributed by atoms with E-state index in [0.717, 1.165) is 11.1 Å². The first kappa shape index (κ1) is 29.5. The zero-order valence-electron chi connectivity index (χ0n) is 22.8. The van der Waals surface area contributed by atoms with Crippen LogP contribution >= 0.6 is 33.9 Å². The lowest BCUT2D eigenvalue weighted by Crippen LogP contribution is -2.39. The highest BCUT2D eigenvalue weighted by Gasteiger charge is 2.33. The van der Waals surface area contributed by atoms with E-state index >= 15 is 0 Å². The minimum atomic E-state index is -0.675. The van der Waals surface area contributed by atoms with Gasteiger partial charge in [0.05, 0.1) is 45.7 Å². The van der Waals surface area contributed by atoms with Gasteiger partial charge in [0.25, 0.3) is 5.56 Å². The third kappa shape index (κ3) is 6.15. The van der Waals surface area contributed by atoms with Crippen LogP contribution < -0.4 is 24.4 Å². The first-order valence-electron chi connectivity index (χ1n) is 12.6. The fourth-order valence-corrected chi connectivity index (χ4v) is 6.13. The Morgan fingerprint density at radius 3 is 2.45 bits per heavy atom. The van der Waals surface area contributed by atoms with Crippen LogP contribution in [-0.2, 0) is 19.1 Å². The molecule has 1 atom stereocenters. The maximum Gasteiger partial charge on any atom is 0.344 e. The van der Waals surface area contributed by atoms with Gasteiger partial charge in [-0.3, -0.25) is 9.36 Å². The van der Waals surface area contributed by atoms with E-state index in [4.69, 9.17) is 18.9 Å². The Morgan fingerprint density at radius 2 is 1.80 bits per heavy atom. The fraction of sp³-hybridized carbons (Fsp3) is 0.310. The van der Waals surface area contributed by atoms with Gasteiger partial charge in [-0.15, -0.1) is 0 Å². The number of benzene rings is 2. The summed E-state index contributed by atoms with van der Waals surface area (Å²) in [6.45, 7) is 7.42. The molecule has 2 heterocycles. The number of allylic oxidation sites excluding steroid dienone is 1. The standard InChI is InChI=1S/C29H29IN2O7S/c1-6-37-23(33)15-39-26-20(30)12-18(13-21(26)36-5)14-22-27(34)32-25(19-10-8-16(3)9-11-19)24(28(35)38-7-2)17(4)31-29(32)40-22/h8-14,25H,6-7,15H2,1-5H3/b22-14+/t25-/m0/s1. The molecule has 1 aliphatic heterocycles. The summed E-state index contributed by atoms with van der Waals surface area (Å²) < 4.78 is 24.1. The maximum absolute atomic E-state index is 13.8. The van der Waals surface area contributed by atoms with E-state index in [-0.39, 0.29) is 25.4 Å². The molecular weight excluding hydrogens is 647 g/mol. The molecule has 11 heteroatoms. The van der Waals surface area contributed by atoms with E-state index in [9.17, 15) is 14.4 Å². The molecule has 0 bridgehead atoms. The highest BCUT2D eigenvalue weighted by atomic mass is 127. The Balaban J connectivity index is 1.82. The summed E-state index contributed by atoms with van der Waals surface area (Å²) in [5.41, 5.74) is 3.12. The number of carbonyl (C=O) groups excluding carboxylic acids is 2. The zero-order chi connectivity index (χ0) is 29.0. The summed E-state index contributed by atoms with van der Waals surface area (Å²) in [6, 6.07) is 10.6. The molecule has 0 amide bonds. The molecule has 0 spiro atoms. The summed E-state index contributed by atoms with van der Waals surface area (Å²) in [5, 5.41) is 0. The highest BCUT2D eigenvalue weighted by Crippen LogP contribution is 2.34. The average molecular weight is 677 g/mol. The van der Waals surface area contributed by atoms with Crippen LogP contribution in [-0.4, -0.2) is 43.4 Å². The van der Waals surface area contributed by atoms with Crippen molar-refractivity contribution in [1.82, 2.24) is 4.57 Å². The minimum Gasteiger partial charge on any atom is -0.493 e. The third-order valence-electron chi connectivity index (χ3n) is 6.10. The average Bonchev–Trinajstić information content (AvgIpc) is 3.21. The summed E-state index contributed by atoms with van der Waals surface area (Å²) in [4.78, 5) is 43.8. The molecule has 0 saturated carbocycles. The Morgan fingerprint density at radius 1 is 1.10 bits per heavy atom. The van der Waals surface area contributed by atoms with Crippen molar-refractivity contribution in [3.63, 3.8) is 0 Å². The molecule has 9 nitrogen and oxygen atoms in total. The monoisotopic (exact) mass is 676 g/mol. The molecule has 4 rings (SSSR count). The van der Waals surface area contributed by atoms with Crippen LogP contribution in [0, 0.1) is 10.5 Å². The quantitative estimate of drug-likeness (QED) is 0.252. The number of fused-ring (bicyclic) bond motifs is 1. The molecule has 0 unspecified atom stereocenters. The number of aryl methyl sites for hydroxylation is 1. The van der Waals surface area contributed by atoms with Gasteiger partial charge in [-0.1, -0.05) is 41.2 Å². The van der Waals surface area contributed by atoms with Gasteiger partial charge in [0.1, 0.15) is 0 Å². The Kier molecular flexibility index (Phi) is 9.46. The molecule has 0 aliphatic carbocycles. The summed E-state index contributed by atoms with van der Waals surface area (Å²) in [6.07, 6.45) is 1.75. The van der Waals surface area contributed by atoms with E-state index in [1.54, 1.807) is 37.5 Å². The summed E-state index contributed by atoms with van der Waals surface area (Å²) >= 11 is 3.33. The maximum atomic E-state index is 13.8. The number of ether oxygens (including phenoxy) is 4. The number of hydrogen-bond donors (Lipinski definition) is 0. The van der Waals surface area contributed by atoms with Crippen molar-refractivity contribution in [2.24, 2.45) is 4.99 Å². The van der Waals surface area contributed by atoms with Crippen LogP contribution in [0.4, 0.5) is 0 Å². The van der Waals surface area contributed by atoms with Gasteiger partial charge in [-0.25, -0.2) is 14.6 Å². The van der Waals surface area contributed by atoms with Crippen LogP contribution in [0.25, 0.3) is 6.08 Å². The molecule has 1 aliphatic rings. The molecule has 210 valence electrons. The van der Waals surface area contributed by atoms with Gasteiger partial charge < -0.3 is 18.9 Å². The number of nitrogens with zero attached hydrogens (tertiary/aromatic N) is 2. The largest absolute Gasteiger partial charge is 0.493 e. The van der Waals surface area contributed by atoms with Crippen molar-refractivity contribution in [2.45, 2.75) is 33.7 Å². The summed E-state index contributed by atoms with van der Waals surface area (Å²) in [5.74, 6) is -0.163. The molecule has 1 aromatic heterocycles. The zero-order valence-corrected chi connectivity index (χ0v) is 25.8. The van der Waals surface area contributed by atoms with Crippen molar-refractivity contribution >= 4 is 51.9 Å². The Hall–Kier alpha value is -3.45. The van der Waals surface area contributed by atoms with Crippen molar-refractivity contribution in [2.75, 3.05) is 26.9 Å². The first-order chi connectivity index (χ1) is 19.2. The number of thiazole rings is 1. The van der Waals surface area contributed by atoms with E-state index in [1.165, 1.54) is 18.4 Å². The third-order valence-corrected chi connectivity index (χ3v) is 7.88. The fourth-order valence-electron chi connectivity index (χ4n) is 4.30. The van der Waals surface area contributed by atoms with Crippen LogP contribution in [0.15, 0.2) is 57.5 Å². The lowest BCUT2D eigenvalue weighted by Gasteiger charge is -2.24. The van der Waals surface area contributed by atoms with Crippen molar-refractivity contribution < 1.29 is 28.5 Å². The second kappa shape index (κ2) is 12.8. The topological polar surface area (TPSA) is 105 Å². The van der Waals surface area contributed by atoms with Gasteiger partial charge in [-0.05, 0) is 79.6 Å². The highest BCUT2D eigenvalue weighted by molar-refractivity contribution is 14.1. The van der Waals surface area contributed by atoms with Crippen molar-refractivity contribution in [3.05, 3.63) is 87.6 Å². The SMILES string of the molecule is CCOC(=O)COc1c(I)cc(/C=c2/sc3n(c2=O)[C@@H](c2ccc(C)cc2)C(C(=O)OCC)=C(C)N=3)cc1OC. The van der Waals surface area contributed by atoms with E-state index in [2.05, 4.69) is 27.6 Å². The number of halogens is 1. The number of hydrogen-bond acceptors (Lipinski definition) is 9. The smallest absolute Gasteiger partial charge is 0.344 e. The predicted molar refractivity (Wildman–Crippen MR) is 159 cm³/mol. The van der Waals surface area contributed by atoms with Gasteiger partial charge in [-0.2, -0.15) is 0 Å². The second-order valence-corrected chi connectivity index (χ2v) is 11.0. The minimum absolute atomic E-state index is 0.209. The van der Waals surface area contributed by atoms with Crippen molar-refractivity contribution in [1.29, 1.82) is 0 Å². The van der Waals surface area contributed by atoms with Crippen LogP contribution in [0.5, 0.6) is 11.5 Å². The van der Waals surface area contributed by atoms with E-state index in [1.807, 2.05) is 37.3 Å². The predicted octanol–water partition coefficient (Wildman–Crippen LogP) is 3.66. The molecule has 2 aromatic carbocycles. The van der Waals surface area contributed by atoms with Gasteiger partial charge >= 0.3 is 11.9 Å². The molecule has 3 aromatic rings. The lowest BCUT2D eigenvalue weighted by atomic mass is 9.95. The van der Waals surface area contributed by atoms with Crippen molar-refractivity contribution in [3.8, 4) is 11.5 Å². The second-order valence-electron chi connectivity index (χ2n) is 8.84. The van der Waals surface area contributed by atoms with Gasteiger partial charge in [0.2, 0.25) is 0 Å². The number of rotatable bonds is 9. The van der Waals surface area contributed by atoms with Crippen LogP contribution in [0.1, 0.15) is 43.5 Å². The molecular formula is C29H29IN2O7S. The number of methoxy groups -OCH3 is 1. The Labute approximate surface area is 248 Å². The molecule has 0 N–H and O–H groups in total. The lowest BCUT2D eigenvalue weighted by molar-refractivity contribution is -0.145. The number of aromatic nitrogens is 1. The van der Waals surface area contributed by atoms with Crippen LogP contribution in [0.3, 0.4) is 0 Å². The normalized spacial score (nSPS) is 14.8. The Bertz CT molecular complexity index is 1650. The number of carbonyl (C=O) groups is 2. The van der Waals surface area contributed by atoms with E-state index in [0.29, 0.717) is 41.2 Å². The molecule has 0 fully saturated rings. The van der Waals surface area contributed by atoms with Crippen LogP contribution in [0.2, 0.25) is 0 Å². The van der Waals surface area contributed by atoms with Gasteiger partial charge in [0, 0.05) is 0 Å². The molecule has 40 heavy (non-hydrogen) atoms.